The highest BCUT2D eigenvalue weighted by Crippen LogP contribution is 2.27. The molecular formula is C17H22N2O4. The molecule has 6 nitrogen and oxygen atoms in total. The van der Waals surface area contributed by atoms with Crippen molar-refractivity contribution in [2.24, 2.45) is 5.92 Å². The van der Waals surface area contributed by atoms with Gasteiger partial charge < -0.3 is 15.3 Å². The molecule has 0 spiro atoms. The molecular weight excluding hydrogens is 296 g/mol. The van der Waals surface area contributed by atoms with Crippen LogP contribution in [0.4, 0.5) is 5.69 Å². The molecule has 0 bridgehead atoms. The van der Waals surface area contributed by atoms with Gasteiger partial charge in [0.15, 0.2) is 0 Å². The van der Waals surface area contributed by atoms with E-state index < -0.39 is 11.9 Å². The second-order valence-electron chi connectivity index (χ2n) is 5.97. The highest BCUT2D eigenvalue weighted by Gasteiger charge is 2.37. The van der Waals surface area contributed by atoms with E-state index in [0.29, 0.717) is 19.4 Å². The first kappa shape index (κ1) is 17.0. The van der Waals surface area contributed by atoms with Gasteiger partial charge in [0, 0.05) is 25.2 Å². The Kier molecular flexibility index (Phi) is 5.36. The first-order valence-electron chi connectivity index (χ1n) is 7.77. The van der Waals surface area contributed by atoms with E-state index in [0.717, 1.165) is 16.8 Å². The molecule has 0 saturated carbocycles. The highest BCUT2D eigenvalue weighted by atomic mass is 16.4. The number of aliphatic carboxylic acids is 1. The first-order chi connectivity index (χ1) is 10.9. The van der Waals surface area contributed by atoms with Gasteiger partial charge in [0.2, 0.25) is 11.8 Å². The zero-order valence-corrected chi connectivity index (χ0v) is 13.5. The fraction of sp³-hybridized carbons (Fsp3) is 0.471. The number of benzene rings is 1. The third-order valence-electron chi connectivity index (χ3n) is 3.91. The van der Waals surface area contributed by atoms with Gasteiger partial charge in [-0.3, -0.25) is 14.4 Å². The number of anilines is 1. The second-order valence-corrected chi connectivity index (χ2v) is 5.97. The molecule has 0 aliphatic carbocycles. The standard InChI is InChI=1S/C17H22N2O4/c1-11-8-12(2)10-13(9-11)19-7-5-14(17(19)23)16(22)18-6-3-4-15(20)21/h8-10,14H,3-7H2,1-2H3,(H,18,22)(H,20,21). The van der Waals surface area contributed by atoms with Crippen LogP contribution in [0.1, 0.15) is 30.4 Å². The number of carbonyl (C=O) groups excluding carboxylic acids is 2. The van der Waals surface area contributed by atoms with Crippen molar-refractivity contribution in [1.82, 2.24) is 5.32 Å². The lowest BCUT2D eigenvalue weighted by molar-refractivity contribution is -0.137. The van der Waals surface area contributed by atoms with Gasteiger partial charge in [-0.2, -0.15) is 0 Å². The normalized spacial score (nSPS) is 17.4. The van der Waals surface area contributed by atoms with Crippen molar-refractivity contribution in [1.29, 1.82) is 0 Å². The van der Waals surface area contributed by atoms with Gasteiger partial charge in [0.05, 0.1) is 0 Å². The Hall–Kier alpha value is -2.37. The third-order valence-corrected chi connectivity index (χ3v) is 3.91. The Balaban J connectivity index is 1.95. The van der Waals surface area contributed by atoms with Gasteiger partial charge in [0.1, 0.15) is 5.92 Å². The maximum Gasteiger partial charge on any atom is 0.303 e. The van der Waals surface area contributed by atoms with Gasteiger partial charge in [0.25, 0.3) is 0 Å². The van der Waals surface area contributed by atoms with E-state index in [2.05, 4.69) is 5.32 Å². The molecule has 1 saturated heterocycles. The van der Waals surface area contributed by atoms with E-state index >= 15 is 0 Å². The molecule has 2 N–H and O–H groups in total. The van der Waals surface area contributed by atoms with Gasteiger partial charge in [-0.25, -0.2) is 0 Å². The molecule has 0 aromatic heterocycles. The maximum atomic E-state index is 12.5. The van der Waals surface area contributed by atoms with E-state index in [1.165, 1.54) is 0 Å². The quantitative estimate of drug-likeness (QED) is 0.616. The first-order valence-corrected chi connectivity index (χ1v) is 7.77. The van der Waals surface area contributed by atoms with Crippen LogP contribution in [0, 0.1) is 19.8 Å². The summed E-state index contributed by atoms with van der Waals surface area (Å²) in [6.07, 6.45) is 0.854. The summed E-state index contributed by atoms with van der Waals surface area (Å²) in [6.45, 7) is 4.75. The fourth-order valence-corrected chi connectivity index (χ4v) is 2.86. The zero-order valence-electron chi connectivity index (χ0n) is 13.5. The number of rotatable bonds is 6. The molecule has 1 unspecified atom stereocenters. The van der Waals surface area contributed by atoms with E-state index in [9.17, 15) is 14.4 Å². The van der Waals surface area contributed by atoms with Crippen molar-refractivity contribution < 1.29 is 19.5 Å². The molecule has 1 aromatic carbocycles. The number of carboxylic acids is 1. The van der Waals surface area contributed by atoms with Crippen LogP contribution in [-0.2, 0) is 14.4 Å². The van der Waals surface area contributed by atoms with E-state index in [1.807, 2.05) is 32.0 Å². The molecule has 1 aliphatic heterocycles. The topological polar surface area (TPSA) is 86.7 Å². The number of aryl methyl sites for hydroxylation is 2. The van der Waals surface area contributed by atoms with Crippen molar-refractivity contribution in [3.05, 3.63) is 29.3 Å². The van der Waals surface area contributed by atoms with Crippen LogP contribution >= 0.6 is 0 Å². The molecule has 6 heteroatoms. The van der Waals surface area contributed by atoms with Crippen LogP contribution in [0.3, 0.4) is 0 Å². The molecule has 2 rings (SSSR count). The number of hydrogen-bond acceptors (Lipinski definition) is 3. The smallest absolute Gasteiger partial charge is 0.303 e. The summed E-state index contributed by atoms with van der Waals surface area (Å²) < 4.78 is 0. The predicted octanol–water partition coefficient (Wildman–Crippen LogP) is 1.64. The lowest BCUT2D eigenvalue weighted by Gasteiger charge is -2.18. The van der Waals surface area contributed by atoms with Crippen LogP contribution in [0.5, 0.6) is 0 Å². The van der Waals surface area contributed by atoms with Crippen molar-refractivity contribution in [2.75, 3.05) is 18.0 Å². The Morgan fingerprint density at radius 1 is 1.26 bits per heavy atom. The van der Waals surface area contributed by atoms with Crippen LogP contribution in [0.2, 0.25) is 0 Å². The fourth-order valence-electron chi connectivity index (χ4n) is 2.86. The molecule has 1 heterocycles. The summed E-state index contributed by atoms with van der Waals surface area (Å²) >= 11 is 0. The minimum atomic E-state index is -0.891. The van der Waals surface area contributed by atoms with Crippen LogP contribution in [0.15, 0.2) is 18.2 Å². The van der Waals surface area contributed by atoms with E-state index in [-0.39, 0.29) is 24.8 Å². The largest absolute Gasteiger partial charge is 0.481 e. The number of nitrogens with one attached hydrogen (secondary N) is 1. The number of hydrogen-bond donors (Lipinski definition) is 2. The van der Waals surface area contributed by atoms with Crippen molar-refractivity contribution in [3.8, 4) is 0 Å². The van der Waals surface area contributed by atoms with Gasteiger partial charge in [-0.05, 0) is 49.9 Å². The van der Waals surface area contributed by atoms with Gasteiger partial charge >= 0.3 is 5.97 Å². The van der Waals surface area contributed by atoms with Crippen LogP contribution < -0.4 is 10.2 Å². The Labute approximate surface area is 135 Å². The van der Waals surface area contributed by atoms with E-state index in [4.69, 9.17) is 5.11 Å². The Morgan fingerprint density at radius 2 is 1.91 bits per heavy atom. The Bertz CT molecular complexity index is 607. The number of carbonyl (C=O) groups is 3. The number of carboxylic acid groups (broad SMARTS) is 1. The SMILES string of the molecule is Cc1cc(C)cc(N2CCC(C(=O)NCCCC(=O)O)C2=O)c1. The summed E-state index contributed by atoms with van der Waals surface area (Å²) in [7, 11) is 0. The van der Waals surface area contributed by atoms with Crippen LogP contribution in [0.25, 0.3) is 0 Å². The lowest BCUT2D eigenvalue weighted by Crippen LogP contribution is -2.37. The molecule has 23 heavy (non-hydrogen) atoms. The molecule has 2 amide bonds. The average molecular weight is 318 g/mol. The van der Waals surface area contributed by atoms with Gasteiger partial charge in [-0.15, -0.1) is 0 Å². The molecule has 0 radical (unpaired) electrons. The second kappa shape index (κ2) is 7.26. The van der Waals surface area contributed by atoms with Crippen molar-refractivity contribution in [2.45, 2.75) is 33.1 Å². The molecule has 1 aliphatic rings. The molecule has 124 valence electrons. The van der Waals surface area contributed by atoms with Crippen molar-refractivity contribution in [3.63, 3.8) is 0 Å². The predicted molar refractivity (Wildman–Crippen MR) is 86.3 cm³/mol. The summed E-state index contributed by atoms with van der Waals surface area (Å²) in [6, 6.07) is 5.92. The molecule has 1 atom stereocenters. The van der Waals surface area contributed by atoms with Crippen molar-refractivity contribution >= 4 is 23.5 Å². The molecule has 1 fully saturated rings. The minimum Gasteiger partial charge on any atom is -0.481 e. The Morgan fingerprint density at radius 3 is 2.52 bits per heavy atom. The third kappa shape index (κ3) is 4.31. The van der Waals surface area contributed by atoms with Gasteiger partial charge in [-0.1, -0.05) is 6.07 Å². The summed E-state index contributed by atoms with van der Waals surface area (Å²) in [5.74, 6) is -2.07. The number of amides is 2. The summed E-state index contributed by atoms with van der Waals surface area (Å²) in [5.41, 5.74) is 2.98. The number of nitrogens with zero attached hydrogens (tertiary/aromatic N) is 1. The van der Waals surface area contributed by atoms with E-state index in [1.54, 1.807) is 4.90 Å². The molecule has 1 aromatic rings. The summed E-state index contributed by atoms with van der Waals surface area (Å²) in [4.78, 5) is 36.7. The highest BCUT2D eigenvalue weighted by molar-refractivity contribution is 6.09. The monoisotopic (exact) mass is 318 g/mol. The average Bonchev–Trinajstić information content (AvgIpc) is 2.84. The summed E-state index contributed by atoms with van der Waals surface area (Å²) in [5, 5.41) is 11.2. The lowest BCUT2D eigenvalue weighted by atomic mass is 10.1. The maximum absolute atomic E-state index is 12.5. The van der Waals surface area contributed by atoms with Crippen LogP contribution in [-0.4, -0.2) is 36.0 Å². The zero-order chi connectivity index (χ0) is 17.0. The minimum absolute atomic E-state index is 0.00753.